The molecule has 0 fully saturated rings. The van der Waals surface area contributed by atoms with Crippen molar-refractivity contribution in [3.8, 4) is 11.1 Å². The molecule has 138 valence electrons. The van der Waals surface area contributed by atoms with E-state index >= 15 is 0 Å². The van der Waals surface area contributed by atoms with Crippen molar-refractivity contribution < 1.29 is 9.59 Å². The molecule has 2 heterocycles. The Labute approximate surface area is 163 Å². The molecule has 4 rings (SSSR count). The number of anilines is 1. The zero-order chi connectivity index (χ0) is 19.7. The van der Waals surface area contributed by atoms with Gasteiger partial charge in [-0.25, -0.2) is 0 Å². The normalized spacial score (nSPS) is 10.8. The second kappa shape index (κ2) is 7.16. The molecule has 2 aromatic carbocycles. The highest BCUT2D eigenvalue weighted by Crippen LogP contribution is 2.29. The minimum Gasteiger partial charge on any atom is -0.319 e. The van der Waals surface area contributed by atoms with Crippen molar-refractivity contribution in [1.82, 2.24) is 4.40 Å². The van der Waals surface area contributed by atoms with Crippen LogP contribution in [-0.4, -0.2) is 16.1 Å². The summed E-state index contributed by atoms with van der Waals surface area (Å²) in [6.45, 7) is 3.91. The maximum atomic E-state index is 13.2. The van der Waals surface area contributed by atoms with Crippen molar-refractivity contribution >= 4 is 22.9 Å². The number of ketones is 1. The van der Waals surface area contributed by atoms with Gasteiger partial charge in [0.2, 0.25) is 0 Å². The number of aryl methyl sites for hydroxylation is 2. The first kappa shape index (κ1) is 17.7. The molecule has 4 nitrogen and oxygen atoms in total. The molecule has 1 amide bonds. The van der Waals surface area contributed by atoms with Gasteiger partial charge in [-0.3, -0.25) is 9.59 Å². The molecule has 4 aromatic rings. The molecule has 0 spiro atoms. The first-order valence-electron chi connectivity index (χ1n) is 9.13. The number of carbonyl (C=O) groups is 2. The molecule has 2 aromatic heterocycles. The Morgan fingerprint density at radius 3 is 2.32 bits per heavy atom. The van der Waals surface area contributed by atoms with Gasteiger partial charge in [0, 0.05) is 23.0 Å². The number of para-hydroxylation sites is 1. The summed E-state index contributed by atoms with van der Waals surface area (Å²) in [4.78, 5) is 25.9. The van der Waals surface area contributed by atoms with E-state index in [2.05, 4.69) is 5.32 Å². The van der Waals surface area contributed by atoms with Gasteiger partial charge in [0.05, 0.1) is 0 Å². The zero-order valence-corrected chi connectivity index (χ0v) is 15.8. The van der Waals surface area contributed by atoms with Gasteiger partial charge < -0.3 is 9.72 Å². The third-order valence-electron chi connectivity index (χ3n) is 4.86. The van der Waals surface area contributed by atoms with Gasteiger partial charge in [-0.2, -0.15) is 0 Å². The summed E-state index contributed by atoms with van der Waals surface area (Å²) < 4.78 is 1.77. The van der Waals surface area contributed by atoms with Crippen LogP contribution < -0.4 is 5.32 Å². The van der Waals surface area contributed by atoms with Crippen LogP contribution in [0.1, 0.15) is 21.6 Å². The average molecular weight is 368 g/mol. The zero-order valence-electron chi connectivity index (χ0n) is 15.8. The minimum absolute atomic E-state index is 0.366. The number of carbonyl (C=O) groups excluding carboxylic acids is 2. The van der Waals surface area contributed by atoms with E-state index in [0.717, 1.165) is 27.8 Å². The molecular weight excluding hydrogens is 348 g/mol. The Balaban J connectivity index is 1.79. The smallest absolute Gasteiger partial charge is 0.298 e. The van der Waals surface area contributed by atoms with Crippen molar-refractivity contribution in [3.63, 3.8) is 0 Å². The van der Waals surface area contributed by atoms with Crippen LogP contribution in [0, 0.1) is 13.8 Å². The Morgan fingerprint density at radius 1 is 0.857 bits per heavy atom. The second-order valence-corrected chi connectivity index (χ2v) is 6.87. The maximum Gasteiger partial charge on any atom is 0.298 e. The van der Waals surface area contributed by atoms with E-state index in [4.69, 9.17) is 0 Å². The molecule has 0 aliphatic rings. The van der Waals surface area contributed by atoms with Crippen LogP contribution in [0.3, 0.4) is 0 Å². The van der Waals surface area contributed by atoms with Crippen LogP contribution in [0.15, 0.2) is 79.0 Å². The topological polar surface area (TPSA) is 50.6 Å². The molecule has 0 unspecified atom stereocenters. The average Bonchev–Trinajstić information content (AvgIpc) is 3.09. The first-order chi connectivity index (χ1) is 13.5. The number of nitrogens with one attached hydrogen (secondary N) is 1. The lowest BCUT2D eigenvalue weighted by Crippen LogP contribution is -2.25. The molecule has 0 bridgehead atoms. The fourth-order valence-corrected chi connectivity index (χ4v) is 3.31. The molecule has 0 radical (unpaired) electrons. The van der Waals surface area contributed by atoms with Crippen molar-refractivity contribution in [2.45, 2.75) is 13.8 Å². The van der Waals surface area contributed by atoms with E-state index < -0.39 is 11.7 Å². The molecule has 0 saturated heterocycles. The van der Waals surface area contributed by atoms with Gasteiger partial charge in [-0.05, 0) is 49.2 Å². The van der Waals surface area contributed by atoms with E-state index in [1.54, 1.807) is 16.7 Å². The number of pyridine rings is 1. The van der Waals surface area contributed by atoms with E-state index in [1.807, 2.05) is 80.6 Å². The third kappa shape index (κ3) is 3.21. The van der Waals surface area contributed by atoms with Gasteiger partial charge in [0.25, 0.3) is 11.7 Å². The Morgan fingerprint density at radius 2 is 1.57 bits per heavy atom. The van der Waals surface area contributed by atoms with Gasteiger partial charge in [-0.1, -0.05) is 54.1 Å². The van der Waals surface area contributed by atoms with Crippen LogP contribution in [0.4, 0.5) is 5.69 Å². The number of nitrogens with zero attached hydrogens (tertiary/aromatic N) is 1. The van der Waals surface area contributed by atoms with Crippen molar-refractivity contribution in [1.29, 1.82) is 0 Å². The van der Waals surface area contributed by atoms with Crippen molar-refractivity contribution in [3.05, 3.63) is 95.8 Å². The molecule has 28 heavy (non-hydrogen) atoms. The lowest BCUT2D eigenvalue weighted by atomic mass is 10.0. The van der Waals surface area contributed by atoms with E-state index in [1.165, 1.54) is 0 Å². The Bertz CT molecular complexity index is 1190. The molecule has 0 atom stereocenters. The maximum absolute atomic E-state index is 13.2. The summed E-state index contributed by atoms with van der Waals surface area (Å²) in [7, 11) is 0. The predicted octanol–water partition coefficient (Wildman–Crippen LogP) is 5.04. The number of benzene rings is 2. The summed E-state index contributed by atoms with van der Waals surface area (Å²) in [5.74, 6) is -1.21. The third-order valence-corrected chi connectivity index (χ3v) is 4.86. The van der Waals surface area contributed by atoms with Gasteiger partial charge in [0.15, 0.2) is 0 Å². The highest BCUT2D eigenvalue weighted by Gasteiger charge is 2.25. The SMILES string of the molecule is Cc1ccc(-c2cc3ccccn3c2C(=O)C(=O)Nc2ccccc2C)cc1. The van der Waals surface area contributed by atoms with Crippen LogP contribution in [0.2, 0.25) is 0 Å². The fraction of sp³-hybridized carbons (Fsp3) is 0.0833. The summed E-state index contributed by atoms with van der Waals surface area (Å²) >= 11 is 0. The number of amides is 1. The number of Topliss-reactive ketones (excluding diaryl/α,β-unsaturated/α-hetero) is 1. The van der Waals surface area contributed by atoms with Crippen LogP contribution in [0.25, 0.3) is 16.6 Å². The van der Waals surface area contributed by atoms with Crippen LogP contribution in [0.5, 0.6) is 0 Å². The lowest BCUT2D eigenvalue weighted by Gasteiger charge is -2.09. The summed E-state index contributed by atoms with van der Waals surface area (Å²) in [6.07, 6.45) is 1.81. The second-order valence-electron chi connectivity index (χ2n) is 6.87. The van der Waals surface area contributed by atoms with E-state index in [9.17, 15) is 9.59 Å². The number of aromatic nitrogens is 1. The number of rotatable bonds is 4. The summed E-state index contributed by atoms with van der Waals surface area (Å²) in [5, 5.41) is 2.75. The Kier molecular flexibility index (Phi) is 4.53. The van der Waals surface area contributed by atoms with Gasteiger partial charge >= 0.3 is 0 Å². The molecule has 0 saturated carbocycles. The van der Waals surface area contributed by atoms with Crippen molar-refractivity contribution in [2.24, 2.45) is 0 Å². The standard InChI is InChI=1S/C24H20N2O2/c1-16-10-12-18(13-11-16)20-15-19-8-5-6-14-26(19)22(20)23(27)24(28)25-21-9-4-3-7-17(21)2/h3-15H,1-2H3,(H,25,28). The summed E-state index contributed by atoms with van der Waals surface area (Å²) in [6, 6.07) is 23.0. The summed E-state index contributed by atoms with van der Waals surface area (Å²) in [5.41, 5.74) is 5.56. The molecule has 0 aliphatic carbocycles. The first-order valence-corrected chi connectivity index (χ1v) is 9.13. The largest absolute Gasteiger partial charge is 0.319 e. The van der Waals surface area contributed by atoms with E-state index in [-0.39, 0.29) is 0 Å². The van der Waals surface area contributed by atoms with E-state index in [0.29, 0.717) is 11.4 Å². The predicted molar refractivity (Wildman–Crippen MR) is 112 cm³/mol. The minimum atomic E-state index is -0.647. The van der Waals surface area contributed by atoms with Crippen LogP contribution >= 0.6 is 0 Å². The van der Waals surface area contributed by atoms with Crippen molar-refractivity contribution in [2.75, 3.05) is 5.32 Å². The van der Waals surface area contributed by atoms with Gasteiger partial charge in [0.1, 0.15) is 5.69 Å². The Hall–Kier alpha value is -3.66. The number of fused-ring (bicyclic) bond motifs is 1. The molecule has 0 aliphatic heterocycles. The fourth-order valence-electron chi connectivity index (χ4n) is 3.31. The highest BCUT2D eigenvalue weighted by atomic mass is 16.2. The molecule has 4 heteroatoms. The quantitative estimate of drug-likeness (QED) is 0.405. The molecule has 1 N–H and O–H groups in total. The molecular formula is C24H20N2O2. The lowest BCUT2D eigenvalue weighted by molar-refractivity contribution is -0.112. The highest BCUT2D eigenvalue weighted by molar-refractivity contribution is 6.47. The van der Waals surface area contributed by atoms with Crippen LogP contribution in [-0.2, 0) is 4.79 Å². The van der Waals surface area contributed by atoms with Gasteiger partial charge in [-0.15, -0.1) is 0 Å². The monoisotopic (exact) mass is 368 g/mol. The number of hydrogen-bond acceptors (Lipinski definition) is 2. The number of hydrogen-bond donors (Lipinski definition) is 1.